The number of aryl methyl sites for hydroxylation is 1. The molecule has 0 aliphatic rings. The van der Waals surface area contributed by atoms with Crippen LogP contribution in [0.15, 0.2) is 54.9 Å². The normalized spacial score (nSPS) is 11.8. The summed E-state index contributed by atoms with van der Waals surface area (Å²) in [7, 11) is 1.59. The van der Waals surface area contributed by atoms with Crippen LogP contribution in [0.2, 0.25) is 0 Å². The van der Waals surface area contributed by atoms with Crippen molar-refractivity contribution in [1.82, 2.24) is 20.1 Å². The van der Waals surface area contributed by atoms with Gasteiger partial charge in [0.05, 0.1) is 19.8 Å². The van der Waals surface area contributed by atoms with Crippen molar-refractivity contribution in [2.75, 3.05) is 7.11 Å². The first-order valence-corrected chi connectivity index (χ1v) is 8.60. The largest absolute Gasteiger partial charge is 0.497 e. The number of hydrogen-bond donors (Lipinski definition) is 2. The van der Waals surface area contributed by atoms with E-state index in [1.54, 1.807) is 31.4 Å². The zero-order valence-corrected chi connectivity index (χ0v) is 15.3. The van der Waals surface area contributed by atoms with Gasteiger partial charge in [0.25, 0.3) is 5.91 Å². The SMILES string of the molecule is COc1ccc(C(O)Cn2cnc(C(=O)NCc3ccc(C)cc3)n2)cc1. The molecule has 1 unspecified atom stereocenters. The van der Waals surface area contributed by atoms with Gasteiger partial charge >= 0.3 is 0 Å². The van der Waals surface area contributed by atoms with E-state index in [0.717, 1.165) is 16.9 Å². The highest BCUT2D eigenvalue weighted by molar-refractivity contribution is 5.90. The highest BCUT2D eigenvalue weighted by Crippen LogP contribution is 2.18. The van der Waals surface area contributed by atoms with Crippen LogP contribution in [-0.2, 0) is 13.1 Å². The molecular formula is C20H22N4O3. The Labute approximate surface area is 157 Å². The van der Waals surface area contributed by atoms with Crippen LogP contribution in [0, 0.1) is 6.92 Å². The second kappa shape index (κ2) is 8.46. The Balaban J connectivity index is 1.56. The van der Waals surface area contributed by atoms with Gasteiger partial charge in [-0.05, 0) is 30.2 Å². The Morgan fingerprint density at radius 3 is 2.56 bits per heavy atom. The van der Waals surface area contributed by atoms with Crippen LogP contribution in [0.5, 0.6) is 5.75 Å². The Bertz CT molecular complexity index is 888. The summed E-state index contributed by atoms with van der Waals surface area (Å²) in [5.41, 5.74) is 2.90. The van der Waals surface area contributed by atoms with E-state index in [1.165, 1.54) is 16.6 Å². The quantitative estimate of drug-likeness (QED) is 0.669. The molecule has 0 aliphatic carbocycles. The van der Waals surface area contributed by atoms with Crippen LogP contribution >= 0.6 is 0 Å². The third-order valence-corrected chi connectivity index (χ3v) is 4.17. The Hall–Kier alpha value is -3.19. The smallest absolute Gasteiger partial charge is 0.291 e. The van der Waals surface area contributed by atoms with Crippen LogP contribution in [0.1, 0.15) is 33.4 Å². The Kier molecular flexibility index (Phi) is 5.83. The average molecular weight is 366 g/mol. The summed E-state index contributed by atoms with van der Waals surface area (Å²) in [6.07, 6.45) is 0.675. The molecule has 2 N–H and O–H groups in total. The number of hydrogen-bond acceptors (Lipinski definition) is 5. The molecule has 2 aromatic carbocycles. The lowest BCUT2D eigenvalue weighted by atomic mass is 10.1. The molecule has 3 rings (SSSR count). The monoisotopic (exact) mass is 366 g/mol. The summed E-state index contributed by atoms with van der Waals surface area (Å²) < 4.78 is 6.56. The highest BCUT2D eigenvalue weighted by atomic mass is 16.5. The van der Waals surface area contributed by atoms with Crippen LogP contribution in [0.25, 0.3) is 0 Å². The van der Waals surface area contributed by atoms with Crippen LogP contribution in [-0.4, -0.2) is 32.9 Å². The molecule has 0 saturated heterocycles. The highest BCUT2D eigenvalue weighted by Gasteiger charge is 2.14. The van der Waals surface area contributed by atoms with Gasteiger partial charge in [0.1, 0.15) is 12.1 Å². The zero-order chi connectivity index (χ0) is 19.2. The molecule has 0 saturated carbocycles. The summed E-state index contributed by atoms with van der Waals surface area (Å²) in [5.74, 6) is 0.441. The lowest BCUT2D eigenvalue weighted by molar-refractivity contribution is 0.0938. The second-order valence-corrected chi connectivity index (χ2v) is 6.25. The predicted molar refractivity (Wildman–Crippen MR) is 100 cm³/mol. The van der Waals surface area contributed by atoms with Crippen LogP contribution in [0.3, 0.4) is 0 Å². The third kappa shape index (κ3) is 4.92. The zero-order valence-electron chi connectivity index (χ0n) is 15.3. The number of rotatable bonds is 7. The third-order valence-electron chi connectivity index (χ3n) is 4.17. The Morgan fingerprint density at radius 2 is 1.89 bits per heavy atom. The first-order valence-electron chi connectivity index (χ1n) is 8.60. The van der Waals surface area contributed by atoms with Crippen LogP contribution < -0.4 is 10.1 Å². The van der Waals surface area contributed by atoms with Crippen molar-refractivity contribution < 1.29 is 14.6 Å². The molecule has 0 aliphatic heterocycles. The van der Waals surface area contributed by atoms with Crippen molar-refractivity contribution in [3.05, 3.63) is 77.4 Å². The molecule has 7 heteroatoms. The molecule has 3 aromatic rings. The van der Waals surface area contributed by atoms with E-state index in [4.69, 9.17) is 4.74 Å². The van der Waals surface area contributed by atoms with E-state index >= 15 is 0 Å². The number of carbonyl (C=O) groups excluding carboxylic acids is 1. The molecule has 1 atom stereocenters. The number of aromatic nitrogens is 3. The number of aliphatic hydroxyl groups is 1. The fourth-order valence-electron chi connectivity index (χ4n) is 2.56. The molecular weight excluding hydrogens is 344 g/mol. The number of amides is 1. The molecule has 0 bridgehead atoms. The number of carbonyl (C=O) groups is 1. The van der Waals surface area contributed by atoms with Gasteiger partial charge in [-0.15, -0.1) is 5.10 Å². The minimum atomic E-state index is -0.763. The molecule has 140 valence electrons. The van der Waals surface area contributed by atoms with E-state index in [9.17, 15) is 9.90 Å². The van der Waals surface area contributed by atoms with Gasteiger partial charge in [-0.3, -0.25) is 4.79 Å². The number of aliphatic hydroxyl groups excluding tert-OH is 1. The van der Waals surface area contributed by atoms with Gasteiger partial charge in [-0.1, -0.05) is 42.0 Å². The van der Waals surface area contributed by atoms with E-state index in [-0.39, 0.29) is 18.3 Å². The number of benzene rings is 2. The number of methoxy groups -OCH3 is 1. The van der Waals surface area contributed by atoms with E-state index in [0.29, 0.717) is 6.54 Å². The number of nitrogens with zero attached hydrogens (tertiary/aromatic N) is 3. The van der Waals surface area contributed by atoms with E-state index in [1.807, 2.05) is 31.2 Å². The first-order chi connectivity index (χ1) is 13.0. The fraction of sp³-hybridized carbons (Fsp3) is 0.250. The summed E-state index contributed by atoms with van der Waals surface area (Å²) in [5, 5.41) is 17.3. The van der Waals surface area contributed by atoms with Crippen LogP contribution in [0.4, 0.5) is 0 Å². The molecule has 1 aromatic heterocycles. The van der Waals surface area contributed by atoms with Crippen molar-refractivity contribution in [2.24, 2.45) is 0 Å². The molecule has 0 fully saturated rings. The maximum atomic E-state index is 12.2. The minimum absolute atomic E-state index is 0.0732. The molecule has 1 amide bonds. The maximum Gasteiger partial charge on any atom is 0.291 e. The van der Waals surface area contributed by atoms with Gasteiger partial charge in [0, 0.05) is 6.54 Å². The molecule has 27 heavy (non-hydrogen) atoms. The van der Waals surface area contributed by atoms with Crippen molar-refractivity contribution in [3.63, 3.8) is 0 Å². The lowest BCUT2D eigenvalue weighted by Crippen LogP contribution is -2.24. The Morgan fingerprint density at radius 1 is 1.19 bits per heavy atom. The van der Waals surface area contributed by atoms with Gasteiger partial charge in [-0.25, -0.2) is 9.67 Å². The second-order valence-electron chi connectivity index (χ2n) is 6.25. The summed E-state index contributed by atoms with van der Waals surface area (Å²) in [4.78, 5) is 16.2. The van der Waals surface area contributed by atoms with Gasteiger partial charge in [-0.2, -0.15) is 0 Å². The summed E-state index contributed by atoms with van der Waals surface area (Å²) in [6.45, 7) is 2.62. The fourth-order valence-corrected chi connectivity index (χ4v) is 2.56. The molecule has 7 nitrogen and oxygen atoms in total. The number of nitrogens with one attached hydrogen (secondary N) is 1. The number of ether oxygens (including phenoxy) is 1. The van der Waals surface area contributed by atoms with Crippen molar-refractivity contribution in [3.8, 4) is 5.75 Å². The van der Waals surface area contributed by atoms with Gasteiger partial charge in [0.2, 0.25) is 5.82 Å². The van der Waals surface area contributed by atoms with Crippen molar-refractivity contribution >= 4 is 5.91 Å². The van der Waals surface area contributed by atoms with Crippen molar-refractivity contribution in [2.45, 2.75) is 26.1 Å². The van der Waals surface area contributed by atoms with Gasteiger partial charge in [0.15, 0.2) is 0 Å². The van der Waals surface area contributed by atoms with E-state index < -0.39 is 6.10 Å². The molecule has 0 spiro atoms. The molecule has 1 heterocycles. The standard InChI is InChI=1S/C20H22N4O3/c1-14-3-5-15(6-4-14)11-21-20(26)19-22-13-24(23-19)12-18(25)16-7-9-17(27-2)10-8-16/h3-10,13,18,25H,11-12H2,1-2H3,(H,21,26). The topological polar surface area (TPSA) is 89.3 Å². The molecule has 0 radical (unpaired) electrons. The predicted octanol–water partition coefficient (Wildman–Crippen LogP) is 2.26. The lowest BCUT2D eigenvalue weighted by Gasteiger charge is -2.11. The minimum Gasteiger partial charge on any atom is -0.497 e. The maximum absolute atomic E-state index is 12.2. The summed E-state index contributed by atoms with van der Waals surface area (Å²) >= 11 is 0. The average Bonchev–Trinajstić information content (AvgIpc) is 3.16. The van der Waals surface area contributed by atoms with Gasteiger partial charge < -0.3 is 15.2 Å². The first kappa shape index (κ1) is 18.6. The summed E-state index contributed by atoms with van der Waals surface area (Å²) in [6, 6.07) is 15.1. The van der Waals surface area contributed by atoms with Crippen molar-refractivity contribution in [1.29, 1.82) is 0 Å². The van der Waals surface area contributed by atoms with E-state index in [2.05, 4.69) is 15.4 Å².